The zero-order chi connectivity index (χ0) is 14.1. The molecule has 3 atom stereocenters. The Morgan fingerprint density at radius 1 is 1.30 bits per heavy atom. The molecule has 1 aromatic rings. The van der Waals surface area contributed by atoms with Crippen molar-refractivity contribution in [2.75, 3.05) is 13.1 Å². The van der Waals surface area contributed by atoms with E-state index in [-0.39, 0.29) is 5.91 Å². The number of aryl methyl sites for hydroxylation is 1. The number of carbonyl (C=O) groups is 1. The monoisotopic (exact) mass is 336 g/mol. The number of likely N-dealkylation sites (tertiary alicyclic amines) is 1. The minimum atomic E-state index is 0.280. The largest absolute Gasteiger partial charge is 0.342 e. The van der Waals surface area contributed by atoms with Crippen molar-refractivity contribution < 1.29 is 4.79 Å². The van der Waals surface area contributed by atoms with Crippen molar-refractivity contribution in [3.05, 3.63) is 34.3 Å². The Hall–Kier alpha value is -0.870. The van der Waals surface area contributed by atoms with Crippen molar-refractivity contribution in [1.29, 1.82) is 0 Å². The van der Waals surface area contributed by atoms with Gasteiger partial charge in [0.1, 0.15) is 0 Å². The summed E-state index contributed by atoms with van der Waals surface area (Å²) in [7, 11) is 0. The fourth-order valence-corrected chi connectivity index (χ4v) is 4.10. The Morgan fingerprint density at radius 3 is 2.85 bits per heavy atom. The third kappa shape index (κ3) is 2.77. The standard InChI is InChI=1S/C16H21BrN2O/c17-14-4-2-1-3-11(14)6-8-16(20)19-9-12-5-7-15(18)13(12)10-19/h1-4,12-13,15H,5-10,18H2. The highest BCUT2D eigenvalue weighted by molar-refractivity contribution is 9.10. The molecule has 4 heteroatoms. The Balaban J connectivity index is 1.55. The molecule has 0 radical (unpaired) electrons. The highest BCUT2D eigenvalue weighted by Gasteiger charge is 2.42. The average Bonchev–Trinajstić information content (AvgIpc) is 3.00. The molecule has 3 unspecified atom stereocenters. The van der Waals surface area contributed by atoms with E-state index in [1.165, 1.54) is 12.0 Å². The summed E-state index contributed by atoms with van der Waals surface area (Å²) in [5, 5.41) is 0. The lowest BCUT2D eigenvalue weighted by Gasteiger charge is -2.19. The molecule has 1 amide bonds. The SMILES string of the molecule is NC1CCC2CN(C(=O)CCc3ccccc3Br)CC12. The van der Waals surface area contributed by atoms with Crippen molar-refractivity contribution >= 4 is 21.8 Å². The van der Waals surface area contributed by atoms with E-state index < -0.39 is 0 Å². The van der Waals surface area contributed by atoms with E-state index in [1.54, 1.807) is 0 Å². The van der Waals surface area contributed by atoms with Gasteiger partial charge in [0, 0.05) is 30.0 Å². The molecule has 0 bridgehead atoms. The first-order chi connectivity index (χ1) is 9.65. The van der Waals surface area contributed by atoms with Gasteiger partial charge in [0.2, 0.25) is 5.91 Å². The third-order valence-corrected chi connectivity index (χ3v) is 5.60. The van der Waals surface area contributed by atoms with Crippen LogP contribution in [0.2, 0.25) is 0 Å². The molecule has 2 N–H and O–H groups in total. The molecule has 1 saturated carbocycles. The minimum Gasteiger partial charge on any atom is -0.342 e. The van der Waals surface area contributed by atoms with Crippen LogP contribution in [0.5, 0.6) is 0 Å². The zero-order valence-electron chi connectivity index (χ0n) is 11.6. The van der Waals surface area contributed by atoms with E-state index in [0.717, 1.165) is 30.4 Å². The van der Waals surface area contributed by atoms with E-state index in [4.69, 9.17) is 5.73 Å². The number of hydrogen-bond acceptors (Lipinski definition) is 2. The minimum absolute atomic E-state index is 0.280. The van der Waals surface area contributed by atoms with Crippen LogP contribution in [0.15, 0.2) is 28.7 Å². The molecule has 1 saturated heterocycles. The summed E-state index contributed by atoms with van der Waals surface area (Å²) in [5.41, 5.74) is 7.33. The highest BCUT2D eigenvalue weighted by atomic mass is 79.9. The summed E-state index contributed by atoms with van der Waals surface area (Å²) in [6.45, 7) is 1.80. The van der Waals surface area contributed by atoms with Gasteiger partial charge in [0.15, 0.2) is 0 Å². The van der Waals surface area contributed by atoms with Crippen LogP contribution in [0, 0.1) is 11.8 Å². The first-order valence-corrected chi connectivity index (χ1v) is 8.21. The van der Waals surface area contributed by atoms with Gasteiger partial charge in [0.05, 0.1) is 0 Å². The summed E-state index contributed by atoms with van der Waals surface area (Å²) < 4.78 is 1.09. The first kappa shape index (κ1) is 14.1. The molecule has 3 nitrogen and oxygen atoms in total. The Labute approximate surface area is 128 Å². The van der Waals surface area contributed by atoms with Gasteiger partial charge in [-0.2, -0.15) is 0 Å². The van der Waals surface area contributed by atoms with Crippen LogP contribution < -0.4 is 5.73 Å². The van der Waals surface area contributed by atoms with Crippen LogP contribution in [0.1, 0.15) is 24.8 Å². The third-order valence-electron chi connectivity index (χ3n) is 4.83. The predicted molar refractivity (Wildman–Crippen MR) is 83.2 cm³/mol. The smallest absolute Gasteiger partial charge is 0.222 e. The van der Waals surface area contributed by atoms with Gasteiger partial charge in [-0.25, -0.2) is 0 Å². The molecule has 20 heavy (non-hydrogen) atoms. The van der Waals surface area contributed by atoms with E-state index in [2.05, 4.69) is 22.0 Å². The quantitative estimate of drug-likeness (QED) is 0.922. The lowest BCUT2D eigenvalue weighted by molar-refractivity contribution is -0.130. The van der Waals surface area contributed by atoms with Crippen molar-refractivity contribution in [2.24, 2.45) is 17.6 Å². The fourth-order valence-electron chi connectivity index (χ4n) is 3.61. The second-order valence-corrected chi connectivity index (χ2v) is 6.91. The van der Waals surface area contributed by atoms with Crippen molar-refractivity contribution in [3.63, 3.8) is 0 Å². The number of benzene rings is 1. The Bertz CT molecular complexity index is 505. The number of amides is 1. The molecular formula is C16H21BrN2O. The number of hydrogen-bond donors (Lipinski definition) is 1. The van der Waals surface area contributed by atoms with Crippen molar-refractivity contribution in [2.45, 2.75) is 31.7 Å². The van der Waals surface area contributed by atoms with Gasteiger partial charge in [0.25, 0.3) is 0 Å². The zero-order valence-corrected chi connectivity index (χ0v) is 13.2. The Morgan fingerprint density at radius 2 is 2.10 bits per heavy atom. The van der Waals surface area contributed by atoms with Crippen molar-refractivity contribution in [3.8, 4) is 0 Å². The first-order valence-electron chi connectivity index (χ1n) is 7.42. The molecule has 1 heterocycles. The lowest BCUT2D eigenvalue weighted by Crippen LogP contribution is -2.33. The number of nitrogens with zero attached hydrogens (tertiary/aromatic N) is 1. The molecule has 0 aromatic heterocycles. The van der Waals surface area contributed by atoms with Gasteiger partial charge < -0.3 is 10.6 Å². The van der Waals surface area contributed by atoms with Gasteiger partial charge >= 0.3 is 0 Å². The molecular weight excluding hydrogens is 316 g/mol. The molecule has 2 fully saturated rings. The molecule has 1 aliphatic heterocycles. The summed E-state index contributed by atoms with van der Waals surface area (Å²) in [6.07, 6.45) is 3.73. The summed E-state index contributed by atoms with van der Waals surface area (Å²) in [6, 6.07) is 8.42. The second kappa shape index (κ2) is 5.86. The fraction of sp³-hybridized carbons (Fsp3) is 0.562. The Kier molecular flexibility index (Phi) is 4.13. The maximum absolute atomic E-state index is 12.3. The summed E-state index contributed by atoms with van der Waals surface area (Å²) in [4.78, 5) is 14.4. The summed E-state index contributed by atoms with van der Waals surface area (Å²) >= 11 is 3.54. The van der Waals surface area contributed by atoms with Crippen LogP contribution >= 0.6 is 15.9 Å². The normalized spacial score (nSPS) is 28.7. The lowest BCUT2D eigenvalue weighted by atomic mass is 9.98. The molecule has 1 aromatic carbocycles. The maximum atomic E-state index is 12.3. The van der Waals surface area contributed by atoms with E-state index in [9.17, 15) is 4.79 Å². The average molecular weight is 337 g/mol. The van der Waals surface area contributed by atoms with Crippen LogP contribution in [0.25, 0.3) is 0 Å². The highest BCUT2D eigenvalue weighted by Crippen LogP contribution is 2.37. The molecule has 1 aliphatic carbocycles. The number of halogens is 1. The van der Waals surface area contributed by atoms with Crippen LogP contribution in [0.3, 0.4) is 0 Å². The molecule has 3 rings (SSSR count). The van der Waals surface area contributed by atoms with Gasteiger partial charge in [-0.15, -0.1) is 0 Å². The van der Waals surface area contributed by atoms with Crippen LogP contribution in [-0.4, -0.2) is 29.9 Å². The number of rotatable bonds is 3. The predicted octanol–water partition coefficient (Wildman–Crippen LogP) is 2.58. The van der Waals surface area contributed by atoms with Crippen LogP contribution in [-0.2, 0) is 11.2 Å². The number of nitrogens with two attached hydrogens (primary N) is 1. The van der Waals surface area contributed by atoms with Crippen molar-refractivity contribution in [1.82, 2.24) is 4.90 Å². The van der Waals surface area contributed by atoms with Crippen LogP contribution in [0.4, 0.5) is 0 Å². The van der Waals surface area contributed by atoms with E-state index >= 15 is 0 Å². The molecule has 0 spiro atoms. The topological polar surface area (TPSA) is 46.3 Å². The summed E-state index contributed by atoms with van der Waals surface area (Å²) in [5.74, 6) is 1.47. The second-order valence-electron chi connectivity index (χ2n) is 6.06. The van der Waals surface area contributed by atoms with Gasteiger partial charge in [-0.1, -0.05) is 34.1 Å². The maximum Gasteiger partial charge on any atom is 0.222 e. The number of fused-ring (bicyclic) bond motifs is 1. The van der Waals surface area contributed by atoms with Gasteiger partial charge in [-0.05, 0) is 42.7 Å². The molecule has 108 valence electrons. The van der Waals surface area contributed by atoms with E-state index in [1.807, 2.05) is 23.1 Å². The van der Waals surface area contributed by atoms with E-state index in [0.29, 0.717) is 24.3 Å². The van der Waals surface area contributed by atoms with Gasteiger partial charge in [-0.3, -0.25) is 4.79 Å². The molecule has 2 aliphatic rings. The number of carbonyl (C=O) groups excluding carboxylic acids is 1.